The first-order valence-electron chi connectivity index (χ1n) is 29.4. The van der Waals surface area contributed by atoms with Gasteiger partial charge in [-0.3, -0.25) is 42.7 Å². The molecule has 39 heteroatoms. The molecule has 0 saturated carbocycles. The van der Waals surface area contributed by atoms with E-state index in [1.807, 2.05) is 0 Å². The Labute approximate surface area is 524 Å². The molecular formula is C52H91N3O34P2. The molecule has 0 aromatic heterocycles. The predicted molar refractivity (Wildman–Crippen MR) is 303 cm³/mol. The van der Waals surface area contributed by atoms with Crippen molar-refractivity contribution in [1.82, 2.24) is 15.5 Å². The van der Waals surface area contributed by atoms with E-state index in [0.717, 1.165) is 4.90 Å². The number of amides is 4. The molecule has 2 fully saturated rings. The molecule has 2 saturated heterocycles. The maximum absolute atomic E-state index is 13.4. The number of ketones is 2. The second-order valence-electron chi connectivity index (χ2n) is 20.0. The summed E-state index contributed by atoms with van der Waals surface area (Å²) in [6.07, 6.45) is -13.1. The van der Waals surface area contributed by atoms with Gasteiger partial charge in [0.05, 0.1) is 145 Å². The van der Waals surface area contributed by atoms with Gasteiger partial charge in [0.2, 0.25) is 11.8 Å². The number of carbonyl (C=O) groups excluding carboxylic acids is 6. The van der Waals surface area contributed by atoms with E-state index in [9.17, 15) is 68.5 Å². The molecular weight excluding hydrogens is 1270 g/mol. The summed E-state index contributed by atoms with van der Waals surface area (Å²) in [7, 11) is -9.81. The Morgan fingerprint density at radius 2 is 0.813 bits per heavy atom. The SMILES string of the molecule is O=C(CCCOCCOCCOCCOCCNC(=O)CC(C(=O)CCCOCCOCCOCCOC1OC(COP(=O)(O)O)C(O)C(O)C1O)C(=O)NCCOCCOCCOCCOC1OC(COP(=O)(O)O)C(O)C(O)C1O)CCN1C(=O)C=CC1=O. The van der Waals surface area contributed by atoms with Crippen LogP contribution in [0.15, 0.2) is 12.2 Å². The zero-order valence-corrected chi connectivity index (χ0v) is 52.2. The summed E-state index contributed by atoms with van der Waals surface area (Å²) in [5, 5.41) is 65.8. The maximum atomic E-state index is 13.4. The van der Waals surface area contributed by atoms with Crippen LogP contribution in [0.1, 0.15) is 38.5 Å². The minimum Gasteiger partial charge on any atom is -0.387 e. The van der Waals surface area contributed by atoms with Crippen molar-refractivity contribution in [3.8, 4) is 0 Å². The van der Waals surface area contributed by atoms with Gasteiger partial charge in [0.15, 0.2) is 12.6 Å². The summed E-state index contributed by atoms with van der Waals surface area (Å²) in [6, 6.07) is 0. The molecule has 37 nitrogen and oxygen atoms in total. The number of phosphoric ester groups is 2. The van der Waals surface area contributed by atoms with Crippen LogP contribution in [0.4, 0.5) is 0 Å². The standard InChI is InChI=1S/C52H91N3O34P2/c56-36(7-10-55-42(59)5-6-43(55)60)3-1-11-74-15-19-78-23-24-80-21-17-76-13-8-53-41(58)33-37(38(57)4-2-12-75-16-20-79-25-27-82-29-31-84-51-48(65)46(63)44(61)39(88-51)34-86-90(68,69)70)50(67)54-9-14-77-18-22-81-26-28-83-30-32-85-52-49(66)47(64)45(62)40(89-52)35-87-91(71,72)73/h5-6,37,39-40,44-49,51-52,61-66H,1-4,7-35H2,(H,53,58)(H,54,67)(H2,68,69,70)(H2,71,72,73). The monoisotopic (exact) mass is 1360 g/mol. The maximum Gasteiger partial charge on any atom is 0.469 e. The highest BCUT2D eigenvalue weighted by molar-refractivity contribution is 7.46. The van der Waals surface area contributed by atoms with Crippen LogP contribution < -0.4 is 10.6 Å². The molecule has 3 aliphatic rings. The molecule has 0 aromatic carbocycles. The van der Waals surface area contributed by atoms with Gasteiger partial charge in [0.1, 0.15) is 66.3 Å². The average Bonchev–Trinajstić information content (AvgIpc) is 1.65. The Morgan fingerprint density at radius 1 is 0.462 bits per heavy atom. The van der Waals surface area contributed by atoms with Crippen LogP contribution in [0.2, 0.25) is 0 Å². The van der Waals surface area contributed by atoms with Gasteiger partial charge < -0.3 is 127 Å². The third-order valence-electron chi connectivity index (χ3n) is 13.0. The van der Waals surface area contributed by atoms with E-state index in [4.69, 9.17) is 85.9 Å². The second-order valence-corrected chi connectivity index (χ2v) is 22.5. The minimum absolute atomic E-state index is 0.00126. The van der Waals surface area contributed by atoms with Crippen LogP contribution in [0.5, 0.6) is 0 Å². The smallest absolute Gasteiger partial charge is 0.387 e. The number of hydrogen-bond acceptors (Lipinski definition) is 30. The molecule has 0 bridgehead atoms. The lowest BCUT2D eigenvalue weighted by atomic mass is 9.95. The molecule has 11 atom stereocenters. The van der Waals surface area contributed by atoms with E-state index in [2.05, 4.69) is 19.7 Å². The normalized spacial score (nSPS) is 23.3. The van der Waals surface area contributed by atoms with E-state index >= 15 is 0 Å². The van der Waals surface area contributed by atoms with Crippen molar-refractivity contribution < 1.29 is 163 Å². The zero-order valence-electron chi connectivity index (χ0n) is 50.5. The number of aliphatic hydroxyl groups excluding tert-OH is 6. The van der Waals surface area contributed by atoms with Crippen molar-refractivity contribution >= 4 is 50.8 Å². The van der Waals surface area contributed by atoms with Gasteiger partial charge >= 0.3 is 15.6 Å². The van der Waals surface area contributed by atoms with Crippen LogP contribution in [-0.2, 0) is 113 Å². The number of Topliss-reactive ketones (excluding diaryl/α,β-unsaturated/α-hetero) is 2. The van der Waals surface area contributed by atoms with Crippen molar-refractivity contribution in [2.45, 2.75) is 99.9 Å². The van der Waals surface area contributed by atoms with Gasteiger partial charge in [-0.2, -0.15) is 0 Å². The van der Waals surface area contributed by atoms with Crippen molar-refractivity contribution in [1.29, 1.82) is 0 Å². The highest BCUT2D eigenvalue weighted by Gasteiger charge is 2.46. The van der Waals surface area contributed by atoms with Gasteiger partial charge in [-0.1, -0.05) is 0 Å². The molecule has 0 aromatic rings. The van der Waals surface area contributed by atoms with Gasteiger partial charge in [0.25, 0.3) is 11.8 Å². The van der Waals surface area contributed by atoms with Crippen molar-refractivity contribution in [3.05, 3.63) is 12.2 Å². The molecule has 0 aliphatic carbocycles. The van der Waals surface area contributed by atoms with Crippen LogP contribution in [-0.4, -0.2) is 330 Å². The zero-order chi connectivity index (χ0) is 66.9. The first-order valence-corrected chi connectivity index (χ1v) is 32.5. The fourth-order valence-corrected chi connectivity index (χ4v) is 8.85. The molecule has 11 unspecified atom stereocenters. The number of nitrogens with zero attached hydrogens (tertiary/aromatic N) is 1. The fourth-order valence-electron chi connectivity index (χ4n) is 8.17. The Balaban J connectivity index is 1.26. The summed E-state index contributed by atoms with van der Waals surface area (Å²) in [5.74, 6) is -4.01. The van der Waals surface area contributed by atoms with Gasteiger partial charge in [-0.25, -0.2) is 9.13 Å². The molecule has 3 heterocycles. The number of carbonyl (C=O) groups is 6. The van der Waals surface area contributed by atoms with E-state index in [1.165, 1.54) is 12.2 Å². The second kappa shape index (κ2) is 47.5. The number of ether oxygens (including phenoxy) is 14. The quantitative estimate of drug-likeness (QED) is 0.0117. The molecule has 3 rings (SSSR count). The molecule has 4 amide bonds. The number of rotatable bonds is 56. The lowest BCUT2D eigenvalue weighted by Gasteiger charge is -2.40. The van der Waals surface area contributed by atoms with Crippen molar-refractivity contribution in [3.63, 3.8) is 0 Å². The third kappa shape index (κ3) is 36.9. The number of hydrogen-bond donors (Lipinski definition) is 12. The highest BCUT2D eigenvalue weighted by Crippen LogP contribution is 2.38. The summed E-state index contributed by atoms with van der Waals surface area (Å²) >= 11 is 0. The van der Waals surface area contributed by atoms with Crippen LogP contribution in [0, 0.1) is 5.92 Å². The number of nitrogens with one attached hydrogen (secondary N) is 2. The molecule has 3 aliphatic heterocycles. The Kier molecular flexibility index (Phi) is 42.7. The fraction of sp³-hybridized carbons (Fsp3) is 0.846. The molecule has 12 N–H and O–H groups in total. The van der Waals surface area contributed by atoms with Crippen molar-refractivity contribution in [2.75, 3.05) is 178 Å². The summed E-state index contributed by atoms with van der Waals surface area (Å²) < 4.78 is 107. The summed E-state index contributed by atoms with van der Waals surface area (Å²) in [6.45, 7) is 1.67. The van der Waals surface area contributed by atoms with Gasteiger partial charge in [0, 0.05) is 70.7 Å². The van der Waals surface area contributed by atoms with Crippen LogP contribution in [0.25, 0.3) is 0 Å². The van der Waals surface area contributed by atoms with Gasteiger partial charge in [-0.15, -0.1) is 0 Å². The number of phosphoric acid groups is 2. The number of aliphatic hydroxyl groups is 6. The predicted octanol–water partition coefficient (Wildman–Crippen LogP) is -5.73. The Morgan fingerprint density at radius 3 is 1.21 bits per heavy atom. The van der Waals surface area contributed by atoms with E-state index in [1.54, 1.807) is 0 Å². The molecule has 528 valence electrons. The number of imide groups is 1. The highest BCUT2D eigenvalue weighted by atomic mass is 31.2. The van der Waals surface area contributed by atoms with Crippen molar-refractivity contribution in [2.24, 2.45) is 5.92 Å². The molecule has 0 spiro atoms. The third-order valence-corrected chi connectivity index (χ3v) is 13.9. The molecule has 0 radical (unpaired) electrons. The van der Waals surface area contributed by atoms with Gasteiger partial charge in [-0.05, 0) is 12.8 Å². The van der Waals surface area contributed by atoms with Crippen LogP contribution >= 0.6 is 15.6 Å². The largest absolute Gasteiger partial charge is 0.469 e. The summed E-state index contributed by atoms with van der Waals surface area (Å²) in [5.41, 5.74) is 0. The average molecular weight is 1360 g/mol. The van der Waals surface area contributed by atoms with E-state index in [0.29, 0.717) is 32.8 Å². The van der Waals surface area contributed by atoms with E-state index in [-0.39, 0.29) is 170 Å². The Hall–Kier alpha value is -3.42. The lowest BCUT2D eigenvalue weighted by Crippen LogP contribution is -2.59. The first kappa shape index (κ1) is 81.8. The minimum atomic E-state index is -4.91. The van der Waals surface area contributed by atoms with Crippen LogP contribution in [0.3, 0.4) is 0 Å². The molecule has 91 heavy (non-hydrogen) atoms. The Bertz CT molecular complexity index is 2080. The lowest BCUT2D eigenvalue weighted by molar-refractivity contribution is -0.301. The topological polar surface area (TPSA) is 514 Å². The van der Waals surface area contributed by atoms with E-state index < -0.39 is 132 Å². The first-order chi connectivity index (χ1) is 43.5. The summed E-state index contributed by atoms with van der Waals surface area (Å²) in [4.78, 5) is 112.